The second-order valence-corrected chi connectivity index (χ2v) is 4.09. The van der Waals surface area contributed by atoms with Gasteiger partial charge >= 0.3 is 0 Å². The van der Waals surface area contributed by atoms with Crippen molar-refractivity contribution in [2.24, 2.45) is 0 Å². The van der Waals surface area contributed by atoms with Crippen LogP contribution in [-0.4, -0.2) is 28.5 Å². The molecule has 0 fully saturated rings. The molecule has 5 nitrogen and oxygen atoms in total. The highest BCUT2D eigenvalue weighted by atomic mass is 16.1. The minimum absolute atomic E-state index is 0.0656. The molecule has 0 aliphatic carbocycles. The topological polar surface area (TPSA) is 61.9 Å². The van der Waals surface area contributed by atoms with Gasteiger partial charge in [0, 0.05) is 25.4 Å². The summed E-state index contributed by atoms with van der Waals surface area (Å²) in [5.74, 6) is 0.905. The van der Waals surface area contributed by atoms with Crippen molar-refractivity contribution in [3.05, 3.63) is 28.3 Å². The summed E-state index contributed by atoms with van der Waals surface area (Å²) in [5.41, 5.74) is 1.54. The Morgan fingerprint density at radius 1 is 1.50 bits per heavy atom. The third-order valence-electron chi connectivity index (χ3n) is 3.06. The maximum atomic E-state index is 12.2. The van der Waals surface area contributed by atoms with Crippen molar-refractivity contribution in [3.8, 4) is 0 Å². The molecule has 0 aromatic carbocycles. The molecule has 1 aliphatic rings. The molecule has 0 radical (unpaired) electrons. The number of nitrogens with one attached hydrogen (secondary N) is 1. The summed E-state index contributed by atoms with van der Waals surface area (Å²) in [6, 6.07) is 0. The van der Waals surface area contributed by atoms with Gasteiger partial charge in [0.25, 0.3) is 0 Å². The molecule has 2 aromatic heterocycles. The van der Waals surface area contributed by atoms with Gasteiger partial charge in [0.2, 0.25) is 0 Å². The maximum absolute atomic E-state index is 12.2. The zero-order valence-electron chi connectivity index (χ0n) is 9.03. The van der Waals surface area contributed by atoms with Crippen molar-refractivity contribution in [2.75, 3.05) is 18.5 Å². The summed E-state index contributed by atoms with van der Waals surface area (Å²) < 4.78 is 0. The molecule has 1 N–H and O–H groups in total. The lowest BCUT2D eigenvalue weighted by atomic mass is 10.0. The molecule has 16 heavy (non-hydrogen) atoms. The highest BCUT2D eigenvalue weighted by Crippen LogP contribution is 2.22. The van der Waals surface area contributed by atoms with Crippen molar-refractivity contribution in [1.29, 1.82) is 0 Å². The number of hydrogen-bond acceptors (Lipinski definition) is 4. The first kappa shape index (κ1) is 9.33. The Kier molecular flexibility index (Phi) is 1.92. The fourth-order valence-electron chi connectivity index (χ4n) is 2.22. The van der Waals surface area contributed by atoms with Gasteiger partial charge in [-0.2, -0.15) is 0 Å². The van der Waals surface area contributed by atoms with E-state index in [4.69, 9.17) is 0 Å². The first-order chi connectivity index (χ1) is 7.77. The normalized spacial score (nSPS) is 15.2. The Morgan fingerprint density at radius 2 is 2.38 bits per heavy atom. The molecule has 2 aromatic rings. The molecule has 0 saturated carbocycles. The molecule has 0 saturated heterocycles. The summed E-state index contributed by atoms with van der Waals surface area (Å²) in [6.45, 7) is 0.972. The number of pyridine rings is 1. The van der Waals surface area contributed by atoms with Crippen molar-refractivity contribution >= 4 is 16.9 Å². The van der Waals surface area contributed by atoms with E-state index in [-0.39, 0.29) is 5.43 Å². The molecule has 5 heteroatoms. The van der Waals surface area contributed by atoms with Crippen LogP contribution in [0.15, 0.2) is 17.3 Å². The predicted octanol–water partition coefficient (Wildman–Crippen LogP) is 0.700. The van der Waals surface area contributed by atoms with Crippen molar-refractivity contribution in [1.82, 2.24) is 15.0 Å². The van der Waals surface area contributed by atoms with Crippen LogP contribution < -0.4 is 10.3 Å². The lowest BCUT2D eigenvalue weighted by Gasteiger charge is -2.26. The number of hydrogen-bond donors (Lipinski definition) is 1. The van der Waals surface area contributed by atoms with Gasteiger partial charge in [-0.1, -0.05) is 0 Å². The standard InChI is InChI=1S/C11H12N4O/c1-15-4-2-3-7-9(16)8-5-12-6-13-10(8)14-11(7)15/h5-6H,2-4H2,1H3,(H,12,13,14,16). The predicted molar refractivity (Wildman–Crippen MR) is 61.7 cm³/mol. The molecule has 0 spiro atoms. The van der Waals surface area contributed by atoms with E-state index in [0.717, 1.165) is 30.8 Å². The lowest BCUT2D eigenvalue weighted by molar-refractivity contribution is 0.729. The third kappa shape index (κ3) is 1.21. The van der Waals surface area contributed by atoms with Crippen molar-refractivity contribution < 1.29 is 0 Å². The van der Waals surface area contributed by atoms with Gasteiger partial charge < -0.3 is 9.88 Å². The minimum Gasteiger partial charge on any atom is -0.361 e. The van der Waals surface area contributed by atoms with Crippen LogP contribution in [0.2, 0.25) is 0 Å². The van der Waals surface area contributed by atoms with Gasteiger partial charge in [-0.05, 0) is 12.8 Å². The second-order valence-electron chi connectivity index (χ2n) is 4.09. The molecule has 0 atom stereocenters. The van der Waals surface area contributed by atoms with E-state index in [0.29, 0.717) is 11.0 Å². The Bertz CT molecular complexity index is 604. The lowest BCUT2D eigenvalue weighted by Crippen LogP contribution is -2.30. The fourth-order valence-corrected chi connectivity index (χ4v) is 2.22. The number of aromatic nitrogens is 3. The van der Waals surface area contributed by atoms with Gasteiger partial charge in [-0.3, -0.25) is 4.79 Å². The summed E-state index contributed by atoms with van der Waals surface area (Å²) in [6.07, 6.45) is 4.88. The molecule has 1 aliphatic heterocycles. The molecule has 0 bridgehead atoms. The molecule has 3 heterocycles. The van der Waals surface area contributed by atoms with Gasteiger partial charge in [0.15, 0.2) is 5.43 Å². The Labute approximate surface area is 92.1 Å². The van der Waals surface area contributed by atoms with E-state index in [2.05, 4.69) is 19.9 Å². The number of anilines is 1. The average molecular weight is 216 g/mol. The van der Waals surface area contributed by atoms with Gasteiger partial charge in [-0.25, -0.2) is 9.97 Å². The van der Waals surface area contributed by atoms with Gasteiger partial charge in [0.05, 0.1) is 5.39 Å². The SMILES string of the molecule is CN1CCCc2c1[nH]c1ncncc1c2=O. The van der Waals surface area contributed by atoms with Gasteiger partial charge in [-0.15, -0.1) is 0 Å². The molecular formula is C11H12N4O. The highest BCUT2D eigenvalue weighted by molar-refractivity contribution is 5.77. The Balaban J connectivity index is 2.41. The highest BCUT2D eigenvalue weighted by Gasteiger charge is 2.19. The first-order valence-corrected chi connectivity index (χ1v) is 5.33. The number of rotatable bonds is 0. The minimum atomic E-state index is 0.0656. The second kappa shape index (κ2) is 3.30. The van der Waals surface area contributed by atoms with Gasteiger partial charge in [0.1, 0.15) is 17.8 Å². The van der Waals surface area contributed by atoms with Crippen LogP contribution in [0.4, 0.5) is 5.82 Å². The van der Waals surface area contributed by atoms with Crippen LogP contribution in [0.5, 0.6) is 0 Å². The molecular weight excluding hydrogens is 204 g/mol. The molecule has 82 valence electrons. The van der Waals surface area contributed by atoms with Crippen LogP contribution in [0, 0.1) is 0 Å². The summed E-state index contributed by atoms with van der Waals surface area (Å²) >= 11 is 0. The van der Waals surface area contributed by atoms with Crippen molar-refractivity contribution in [2.45, 2.75) is 12.8 Å². The van der Waals surface area contributed by atoms with E-state index in [1.165, 1.54) is 6.33 Å². The summed E-state index contributed by atoms with van der Waals surface area (Å²) in [4.78, 5) is 25.5. The van der Waals surface area contributed by atoms with Crippen LogP contribution in [0.3, 0.4) is 0 Å². The van der Waals surface area contributed by atoms with E-state index in [1.807, 2.05) is 7.05 Å². The molecule has 0 amide bonds. The maximum Gasteiger partial charge on any atom is 0.197 e. The van der Waals surface area contributed by atoms with E-state index >= 15 is 0 Å². The van der Waals surface area contributed by atoms with E-state index in [1.54, 1.807) is 6.20 Å². The van der Waals surface area contributed by atoms with E-state index in [9.17, 15) is 4.79 Å². The Hall–Kier alpha value is -1.91. The van der Waals surface area contributed by atoms with Crippen LogP contribution >= 0.6 is 0 Å². The van der Waals surface area contributed by atoms with Crippen molar-refractivity contribution in [3.63, 3.8) is 0 Å². The third-order valence-corrected chi connectivity index (χ3v) is 3.06. The number of fused-ring (bicyclic) bond motifs is 2. The van der Waals surface area contributed by atoms with Crippen LogP contribution in [0.1, 0.15) is 12.0 Å². The summed E-state index contributed by atoms with van der Waals surface area (Å²) in [7, 11) is 1.99. The number of H-pyrrole nitrogens is 1. The smallest absolute Gasteiger partial charge is 0.197 e. The van der Waals surface area contributed by atoms with E-state index < -0.39 is 0 Å². The molecule has 3 rings (SSSR count). The number of aromatic amines is 1. The largest absolute Gasteiger partial charge is 0.361 e. The summed E-state index contributed by atoms with van der Waals surface area (Å²) in [5, 5.41) is 0.580. The Morgan fingerprint density at radius 3 is 3.25 bits per heavy atom. The monoisotopic (exact) mass is 216 g/mol. The first-order valence-electron chi connectivity index (χ1n) is 5.33. The van der Waals surface area contributed by atoms with Crippen LogP contribution in [0.25, 0.3) is 11.0 Å². The zero-order chi connectivity index (χ0) is 11.1. The quantitative estimate of drug-likeness (QED) is 0.704. The zero-order valence-corrected chi connectivity index (χ0v) is 9.03. The number of nitrogens with zero attached hydrogens (tertiary/aromatic N) is 3. The van der Waals surface area contributed by atoms with Crippen LogP contribution in [-0.2, 0) is 6.42 Å². The average Bonchev–Trinajstić information content (AvgIpc) is 2.31. The molecule has 0 unspecified atom stereocenters. The fraction of sp³-hybridized carbons (Fsp3) is 0.364.